The fourth-order valence-electron chi connectivity index (χ4n) is 1.20. The van der Waals surface area contributed by atoms with Gasteiger partial charge in [-0.05, 0) is 26.0 Å². The first-order valence-corrected chi connectivity index (χ1v) is 4.23. The van der Waals surface area contributed by atoms with Gasteiger partial charge in [-0.3, -0.25) is 0 Å². The second kappa shape index (κ2) is 4.09. The molecule has 0 aliphatic rings. The lowest BCUT2D eigenvalue weighted by Crippen LogP contribution is -2.06. The first-order valence-electron chi connectivity index (χ1n) is 4.23. The molecule has 0 aromatic heterocycles. The monoisotopic (exact) mass is 198 g/mol. The Morgan fingerprint density at radius 3 is 2.71 bits per heavy atom. The minimum absolute atomic E-state index is 0.100. The molecule has 0 radical (unpaired) electrons. The van der Waals surface area contributed by atoms with Gasteiger partial charge in [0.05, 0.1) is 6.61 Å². The summed E-state index contributed by atoms with van der Waals surface area (Å²) in [6.07, 6.45) is 0. The summed E-state index contributed by atoms with van der Waals surface area (Å²) in [4.78, 5) is 10.8. The molecular weight excluding hydrogens is 187 g/mol. The lowest BCUT2D eigenvalue weighted by Gasteiger charge is -2.09. The van der Waals surface area contributed by atoms with Crippen LogP contribution in [0.5, 0.6) is 5.75 Å². The largest absolute Gasteiger partial charge is 0.493 e. The van der Waals surface area contributed by atoms with Gasteiger partial charge >= 0.3 is 5.97 Å². The van der Waals surface area contributed by atoms with Crippen molar-refractivity contribution < 1.29 is 19.0 Å². The number of halogens is 1. The number of ether oxygens (including phenoxy) is 1. The molecule has 3 nitrogen and oxygen atoms in total. The average Bonchev–Trinajstić information content (AvgIpc) is 2.11. The van der Waals surface area contributed by atoms with Crippen LogP contribution >= 0.6 is 0 Å². The van der Waals surface area contributed by atoms with Gasteiger partial charge in [0, 0.05) is 5.56 Å². The van der Waals surface area contributed by atoms with Gasteiger partial charge in [0.25, 0.3) is 0 Å². The molecule has 4 heteroatoms. The summed E-state index contributed by atoms with van der Waals surface area (Å²) < 4.78 is 18.1. The van der Waals surface area contributed by atoms with Crippen LogP contribution in [0.1, 0.15) is 22.8 Å². The van der Waals surface area contributed by atoms with Crippen LogP contribution in [0.3, 0.4) is 0 Å². The van der Waals surface area contributed by atoms with Gasteiger partial charge in [0.2, 0.25) is 0 Å². The van der Waals surface area contributed by atoms with Crippen LogP contribution in [0.25, 0.3) is 0 Å². The number of hydrogen-bond donors (Lipinski definition) is 1. The Morgan fingerprint density at radius 2 is 2.21 bits per heavy atom. The molecule has 1 rings (SSSR count). The molecule has 0 aliphatic carbocycles. The molecule has 1 aromatic rings. The number of carboxylic acids is 1. The average molecular weight is 198 g/mol. The van der Waals surface area contributed by atoms with E-state index < -0.39 is 11.8 Å². The molecule has 0 atom stereocenters. The third kappa shape index (κ3) is 1.84. The molecule has 0 aliphatic heterocycles. The molecule has 0 spiro atoms. The van der Waals surface area contributed by atoms with E-state index in [4.69, 9.17) is 9.84 Å². The number of hydrogen-bond acceptors (Lipinski definition) is 2. The van der Waals surface area contributed by atoms with Crippen molar-refractivity contribution >= 4 is 5.97 Å². The van der Waals surface area contributed by atoms with Crippen molar-refractivity contribution in [2.45, 2.75) is 13.8 Å². The van der Waals surface area contributed by atoms with E-state index in [1.54, 1.807) is 6.92 Å². The minimum Gasteiger partial charge on any atom is -0.493 e. The van der Waals surface area contributed by atoms with Crippen LogP contribution in [0.15, 0.2) is 12.1 Å². The minimum atomic E-state index is -1.18. The Morgan fingerprint density at radius 1 is 1.57 bits per heavy atom. The third-order valence-electron chi connectivity index (χ3n) is 1.87. The van der Waals surface area contributed by atoms with E-state index in [2.05, 4.69) is 0 Å². The molecule has 0 amide bonds. The lowest BCUT2D eigenvalue weighted by molar-refractivity contribution is 0.0691. The zero-order valence-electron chi connectivity index (χ0n) is 8.00. The molecule has 0 bridgehead atoms. The van der Waals surface area contributed by atoms with E-state index in [0.29, 0.717) is 6.61 Å². The fourth-order valence-corrected chi connectivity index (χ4v) is 1.20. The van der Waals surface area contributed by atoms with Crippen molar-refractivity contribution in [2.75, 3.05) is 6.61 Å². The molecule has 0 fully saturated rings. The zero-order valence-corrected chi connectivity index (χ0v) is 8.00. The molecule has 1 N–H and O–H groups in total. The van der Waals surface area contributed by atoms with Crippen LogP contribution in [0, 0.1) is 12.7 Å². The summed E-state index contributed by atoms with van der Waals surface area (Å²) in [5, 5.41) is 8.85. The van der Waals surface area contributed by atoms with Gasteiger partial charge in [0.1, 0.15) is 17.1 Å². The number of aromatic carboxylic acids is 1. The molecular formula is C10H11FO3. The van der Waals surface area contributed by atoms with Gasteiger partial charge < -0.3 is 9.84 Å². The number of rotatable bonds is 3. The maximum absolute atomic E-state index is 13.0. The van der Waals surface area contributed by atoms with Gasteiger partial charge in [-0.1, -0.05) is 0 Å². The first-order chi connectivity index (χ1) is 6.57. The van der Waals surface area contributed by atoms with Gasteiger partial charge in [-0.2, -0.15) is 0 Å². The summed E-state index contributed by atoms with van der Waals surface area (Å²) in [6.45, 7) is 3.51. The third-order valence-corrected chi connectivity index (χ3v) is 1.87. The SMILES string of the molecule is CCOc1ccc(F)c(C)c1C(=O)O. The van der Waals surface area contributed by atoms with Crippen molar-refractivity contribution in [1.29, 1.82) is 0 Å². The van der Waals surface area contributed by atoms with Crippen LogP contribution in [-0.4, -0.2) is 17.7 Å². The second-order valence-electron chi connectivity index (χ2n) is 2.78. The van der Waals surface area contributed by atoms with Gasteiger partial charge in [-0.15, -0.1) is 0 Å². The Bertz CT molecular complexity index is 361. The Labute approximate surface area is 81.1 Å². The highest BCUT2D eigenvalue weighted by atomic mass is 19.1. The van der Waals surface area contributed by atoms with Crippen molar-refractivity contribution in [2.24, 2.45) is 0 Å². The highest BCUT2D eigenvalue weighted by Crippen LogP contribution is 2.24. The van der Waals surface area contributed by atoms with Crippen LogP contribution in [-0.2, 0) is 0 Å². The van der Waals surface area contributed by atoms with E-state index in [-0.39, 0.29) is 16.9 Å². The summed E-state index contributed by atoms with van der Waals surface area (Å²) in [7, 11) is 0. The van der Waals surface area contributed by atoms with Crippen molar-refractivity contribution in [1.82, 2.24) is 0 Å². The molecule has 1 aromatic carbocycles. The lowest BCUT2D eigenvalue weighted by atomic mass is 10.1. The van der Waals surface area contributed by atoms with Crippen LogP contribution in [0.2, 0.25) is 0 Å². The number of carbonyl (C=O) groups is 1. The fraction of sp³-hybridized carbons (Fsp3) is 0.300. The van der Waals surface area contributed by atoms with Crippen molar-refractivity contribution in [3.8, 4) is 5.75 Å². The predicted molar refractivity (Wildman–Crippen MR) is 49.3 cm³/mol. The van der Waals surface area contributed by atoms with Crippen molar-refractivity contribution in [3.63, 3.8) is 0 Å². The van der Waals surface area contributed by atoms with Crippen LogP contribution in [0.4, 0.5) is 4.39 Å². The molecule has 0 saturated heterocycles. The second-order valence-corrected chi connectivity index (χ2v) is 2.78. The van der Waals surface area contributed by atoms with Gasteiger partial charge in [0.15, 0.2) is 0 Å². The van der Waals surface area contributed by atoms with E-state index >= 15 is 0 Å². The Hall–Kier alpha value is -1.58. The highest BCUT2D eigenvalue weighted by Gasteiger charge is 2.17. The van der Waals surface area contributed by atoms with E-state index in [1.165, 1.54) is 19.1 Å². The molecule has 76 valence electrons. The summed E-state index contributed by atoms with van der Waals surface area (Å²) in [6, 6.07) is 2.53. The van der Waals surface area contributed by atoms with E-state index in [0.717, 1.165) is 0 Å². The highest BCUT2D eigenvalue weighted by molar-refractivity contribution is 5.92. The molecule has 0 heterocycles. The van der Waals surface area contributed by atoms with E-state index in [9.17, 15) is 9.18 Å². The normalized spacial score (nSPS) is 9.93. The summed E-state index contributed by atoms with van der Waals surface area (Å²) in [5.74, 6) is -1.50. The summed E-state index contributed by atoms with van der Waals surface area (Å²) in [5.41, 5.74) is -0.00435. The zero-order chi connectivity index (χ0) is 10.7. The number of carboxylic acid groups (broad SMARTS) is 1. The standard InChI is InChI=1S/C10H11FO3/c1-3-14-8-5-4-7(11)6(2)9(8)10(12)13/h4-5H,3H2,1-2H3,(H,12,13). The number of benzene rings is 1. The van der Waals surface area contributed by atoms with Gasteiger partial charge in [-0.25, -0.2) is 9.18 Å². The predicted octanol–water partition coefficient (Wildman–Crippen LogP) is 2.23. The maximum atomic E-state index is 13.0. The first kappa shape index (κ1) is 10.5. The van der Waals surface area contributed by atoms with Crippen molar-refractivity contribution in [3.05, 3.63) is 29.1 Å². The summed E-state index contributed by atoms with van der Waals surface area (Å²) >= 11 is 0. The molecule has 14 heavy (non-hydrogen) atoms. The topological polar surface area (TPSA) is 46.5 Å². The Balaban J connectivity index is 3.30. The van der Waals surface area contributed by atoms with Crippen LogP contribution < -0.4 is 4.74 Å². The van der Waals surface area contributed by atoms with E-state index in [1.807, 2.05) is 0 Å². The smallest absolute Gasteiger partial charge is 0.339 e. The molecule has 0 saturated carbocycles. The maximum Gasteiger partial charge on any atom is 0.339 e. The quantitative estimate of drug-likeness (QED) is 0.810. The Kier molecular flexibility index (Phi) is 3.06. The molecule has 0 unspecified atom stereocenters.